The minimum absolute atomic E-state index is 0.214. The zero-order chi connectivity index (χ0) is 22.8. The molecule has 0 unspecified atom stereocenters. The Morgan fingerprint density at radius 2 is 1.59 bits per heavy atom. The van der Waals surface area contributed by atoms with Crippen molar-refractivity contribution < 1.29 is 24.6 Å². The van der Waals surface area contributed by atoms with Crippen LogP contribution in [0.15, 0.2) is 30.3 Å². The third kappa shape index (κ3) is 6.11. The number of nitrogens with one attached hydrogen (secondary N) is 2. The van der Waals surface area contributed by atoms with Crippen molar-refractivity contribution in [1.82, 2.24) is 10.8 Å². The molecule has 0 aromatic heterocycles. The molecule has 4 N–H and O–H groups in total. The van der Waals surface area contributed by atoms with Crippen LogP contribution in [0.4, 0.5) is 0 Å². The smallest absolute Gasteiger partial charge is 0.324 e. The Kier molecular flexibility index (Phi) is 9.11. The quantitative estimate of drug-likeness (QED) is 0.177. The highest BCUT2D eigenvalue weighted by Crippen LogP contribution is 2.44. The molecule has 0 saturated heterocycles. The van der Waals surface area contributed by atoms with Gasteiger partial charge < -0.3 is 15.2 Å². The Labute approximate surface area is 190 Å². The second-order valence-electron chi connectivity index (χ2n) is 9.00. The number of hydrogen-bond acceptors (Lipinski definition) is 5. The molecule has 2 aliphatic carbocycles. The number of rotatable bonds is 11. The molecule has 0 aliphatic heterocycles. The van der Waals surface area contributed by atoms with Crippen molar-refractivity contribution in [3.8, 4) is 5.75 Å². The van der Waals surface area contributed by atoms with Crippen LogP contribution in [0.3, 0.4) is 0 Å². The number of carbonyl (C=O) groups excluding carboxylic acids is 1. The molecule has 176 valence electrons. The van der Waals surface area contributed by atoms with E-state index in [1.54, 1.807) is 11.6 Å². The van der Waals surface area contributed by atoms with E-state index in [1.807, 2.05) is 24.3 Å². The third-order valence-corrected chi connectivity index (χ3v) is 7.03. The number of carboxylic acids is 1. The van der Waals surface area contributed by atoms with Crippen LogP contribution in [-0.4, -0.2) is 40.9 Å². The molecular formula is C25H36N2O5. The molecule has 3 rings (SSSR count). The van der Waals surface area contributed by atoms with Crippen LogP contribution >= 0.6 is 0 Å². The average Bonchev–Trinajstić information content (AvgIpc) is 3.36. The van der Waals surface area contributed by atoms with Crippen LogP contribution < -0.4 is 15.5 Å². The summed E-state index contributed by atoms with van der Waals surface area (Å²) in [4.78, 5) is 23.6. The van der Waals surface area contributed by atoms with Crippen LogP contribution in [0.2, 0.25) is 0 Å². The molecule has 0 radical (unpaired) electrons. The predicted octanol–water partition coefficient (Wildman–Crippen LogP) is 4.16. The number of carbonyl (C=O) groups is 2. The van der Waals surface area contributed by atoms with Gasteiger partial charge in [0.1, 0.15) is 11.3 Å². The fraction of sp³-hybridized carbons (Fsp3) is 0.600. The normalized spacial score (nSPS) is 19.7. The summed E-state index contributed by atoms with van der Waals surface area (Å²) in [6.07, 6.45) is 13.3. The van der Waals surface area contributed by atoms with Crippen LogP contribution in [0.25, 0.3) is 6.08 Å². The summed E-state index contributed by atoms with van der Waals surface area (Å²) in [5.41, 5.74) is 1.57. The van der Waals surface area contributed by atoms with E-state index < -0.39 is 17.4 Å². The lowest BCUT2D eigenvalue weighted by Gasteiger charge is -2.44. The van der Waals surface area contributed by atoms with E-state index in [0.717, 1.165) is 69.1 Å². The van der Waals surface area contributed by atoms with Gasteiger partial charge >= 0.3 is 5.97 Å². The Bertz CT molecular complexity index is 767. The standard InChI is InChI=1S/C25H36N2O5/c28-23(27-31)16-13-19-11-14-22(15-12-19)32-18-6-17-26-25(24(29)30,21-9-4-5-10-21)20-7-2-1-3-8-20/h11-16,20-21,26,31H,1-10,17-18H2,(H,27,28)(H,29,30)/t25-/m1/s1. The molecule has 1 aromatic rings. The number of hydroxylamine groups is 1. The molecule has 1 aromatic carbocycles. The molecule has 0 bridgehead atoms. The minimum Gasteiger partial charge on any atom is -0.494 e. The van der Waals surface area contributed by atoms with Crippen molar-refractivity contribution in [2.45, 2.75) is 69.7 Å². The van der Waals surface area contributed by atoms with Gasteiger partial charge in [0.25, 0.3) is 5.91 Å². The highest BCUT2D eigenvalue weighted by atomic mass is 16.5. The number of aliphatic carboxylic acids is 1. The van der Waals surface area contributed by atoms with Gasteiger partial charge in [-0.15, -0.1) is 0 Å². The van der Waals surface area contributed by atoms with Crippen LogP contribution in [-0.2, 0) is 9.59 Å². The third-order valence-electron chi connectivity index (χ3n) is 7.03. The van der Waals surface area contributed by atoms with E-state index in [0.29, 0.717) is 13.2 Å². The van der Waals surface area contributed by atoms with Gasteiger partial charge in [-0.3, -0.25) is 14.8 Å². The molecule has 2 fully saturated rings. The SMILES string of the molecule is O=C(C=Cc1ccc(OCCCN[C@](C(=O)O)(C2CCCCC2)C2CCCC2)cc1)NO. The van der Waals surface area contributed by atoms with Gasteiger partial charge in [0.15, 0.2) is 0 Å². The second-order valence-corrected chi connectivity index (χ2v) is 9.00. The van der Waals surface area contributed by atoms with Crippen molar-refractivity contribution in [2.75, 3.05) is 13.2 Å². The predicted molar refractivity (Wildman–Crippen MR) is 122 cm³/mol. The summed E-state index contributed by atoms with van der Waals surface area (Å²) in [5, 5.41) is 22.4. The Morgan fingerprint density at radius 1 is 1.00 bits per heavy atom. The van der Waals surface area contributed by atoms with Crippen LogP contribution in [0, 0.1) is 11.8 Å². The summed E-state index contributed by atoms with van der Waals surface area (Å²) < 4.78 is 5.82. The molecular weight excluding hydrogens is 408 g/mol. The number of amides is 1. The monoisotopic (exact) mass is 444 g/mol. The fourth-order valence-corrected chi connectivity index (χ4v) is 5.43. The number of hydrogen-bond donors (Lipinski definition) is 4. The van der Waals surface area contributed by atoms with Gasteiger partial charge in [-0.1, -0.05) is 44.2 Å². The lowest BCUT2D eigenvalue weighted by atomic mass is 9.67. The van der Waals surface area contributed by atoms with E-state index in [2.05, 4.69) is 5.32 Å². The lowest BCUT2D eigenvalue weighted by molar-refractivity contribution is -0.152. The van der Waals surface area contributed by atoms with Crippen molar-refractivity contribution >= 4 is 18.0 Å². The highest BCUT2D eigenvalue weighted by molar-refractivity contribution is 5.90. The van der Waals surface area contributed by atoms with Crippen molar-refractivity contribution in [2.24, 2.45) is 11.8 Å². The maximum Gasteiger partial charge on any atom is 0.324 e. The maximum absolute atomic E-state index is 12.6. The molecule has 1 amide bonds. The molecule has 7 heteroatoms. The van der Waals surface area contributed by atoms with Gasteiger partial charge in [-0.2, -0.15) is 0 Å². The topological polar surface area (TPSA) is 108 Å². The lowest BCUT2D eigenvalue weighted by Crippen LogP contribution is -2.62. The minimum atomic E-state index is -0.800. The van der Waals surface area contributed by atoms with E-state index in [9.17, 15) is 14.7 Å². The van der Waals surface area contributed by atoms with Gasteiger partial charge in [-0.25, -0.2) is 5.48 Å². The largest absolute Gasteiger partial charge is 0.494 e. The molecule has 2 aliphatic rings. The van der Waals surface area contributed by atoms with Crippen molar-refractivity contribution in [3.63, 3.8) is 0 Å². The molecule has 1 atom stereocenters. The first kappa shape index (κ1) is 24.3. The maximum atomic E-state index is 12.6. The van der Waals surface area contributed by atoms with Gasteiger partial charge in [0.05, 0.1) is 6.61 Å². The molecule has 0 spiro atoms. The van der Waals surface area contributed by atoms with E-state index in [4.69, 9.17) is 9.94 Å². The van der Waals surface area contributed by atoms with E-state index in [1.165, 1.54) is 12.5 Å². The second kappa shape index (κ2) is 12.0. The average molecular weight is 445 g/mol. The zero-order valence-electron chi connectivity index (χ0n) is 18.7. The summed E-state index contributed by atoms with van der Waals surface area (Å²) >= 11 is 0. The zero-order valence-corrected chi connectivity index (χ0v) is 18.7. The number of ether oxygens (including phenoxy) is 1. The molecule has 7 nitrogen and oxygen atoms in total. The number of carboxylic acid groups (broad SMARTS) is 1. The first-order valence-electron chi connectivity index (χ1n) is 11.9. The van der Waals surface area contributed by atoms with Crippen molar-refractivity contribution in [1.29, 1.82) is 0 Å². The number of benzene rings is 1. The van der Waals surface area contributed by atoms with Gasteiger partial charge in [0, 0.05) is 6.08 Å². The highest BCUT2D eigenvalue weighted by Gasteiger charge is 2.51. The van der Waals surface area contributed by atoms with Gasteiger partial charge in [0.2, 0.25) is 0 Å². The fourth-order valence-electron chi connectivity index (χ4n) is 5.43. The summed E-state index contributed by atoms with van der Waals surface area (Å²) in [6.45, 7) is 1.12. The Balaban J connectivity index is 1.52. The molecule has 2 saturated carbocycles. The van der Waals surface area contributed by atoms with Gasteiger partial charge in [-0.05, 0) is 74.3 Å². The first-order chi connectivity index (χ1) is 15.6. The summed E-state index contributed by atoms with van der Waals surface area (Å²) in [5.74, 6) is -0.0954. The Morgan fingerprint density at radius 3 is 2.16 bits per heavy atom. The van der Waals surface area contributed by atoms with Crippen LogP contribution in [0.1, 0.15) is 69.8 Å². The van der Waals surface area contributed by atoms with Crippen LogP contribution in [0.5, 0.6) is 5.75 Å². The summed E-state index contributed by atoms with van der Waals surface area (Å²) in [7, 11) is 0. The first-order valence-corrected chi connectivity index (χ1v) is 11.9. The summed E-state index contributed by atoms with van der Waals surface area (Å²) in [6, 6.07) is 7.30. The molecule has 32 heavy (non-hydrogen) atoms. The Hall–Kier alpha value is -2.38. The van der Waals surface area contributed by atoms with Crippen molar-refractivity contribution in [3.05, 3.63) is 35.9 Å². The van der Waals surface area contributed by atoms with E-state index >= 15 is 0 Å². The molecule has 0 heterocycles. The van der Waals surface area contributed by atoms with E-state index in [-0.39, 0.29) is 11.8 Å².